The van der Waals surface area contributed by atoms with E-state index in [2.05, 4.69) is 11.1 Å². The van der Waals surface area contributed by atoms with Crippen molar-refractivity contribution in [2.75, 3.05) is 6.54 Å². The monoisotopic (exact) mass is 219 g/mol. The van der Waals surface area contributed by atoms with Crippen LogP contribution in [0.4, 0.5) is 0 Å². The number of nitriles is 1. The molecular formula is C11H13N3S. The zero-order valence-corrected chi connectivity index (χ0v) is 9.42. The highest BCUT2D eigenvalue weighted by atomic mass is 32.2. The molecule has 3 nitrogen and oxygen atoms in total. The van der Waals surface area contributed by atoms with Gasteiger partial charge in [0, 0.05) is 12.3 Å². The summed E-state index contributed by atoms with van der Waals surface area (Å²) in [6, 6.07) is 9.57. The molecule has 0 heterocycles. The van der Waals surface area contributed by atoms with Gasteiger partial charge in [0.25, 0.3) is 0 Å². The van der Waals surface area contributed by atoms with E-state index in [4.69, 9.17) is 11.0 Å². The highest BCUT2D eigenvalue weighted by Crippen LogP contribution is 2.12. The molecule has 2 N–H and O–H groups in total. The van der Waals surface area contributed by atoms with Crippen molar-refractivity contribution in [2.45, 2.75) is 12.7 Å². The van der Waals surface area contributed by atoms with Crippen molar-refractivity contribution in [3.05, 3.63) is 35.4 Å². The number of hydrogen-bond acceptors (Lipinski definition) is 3. The van der Waals surface area contributed by atoms with Gasteiger partial charge in [0.1, 0.15) is 0 Å². The molecule has 0 aliphatic rings. The van der Waals surface area contributed by atoms with Gasteiger partial charge in [0.15, 0.2) is 5.17 Å². The van der Waals surface area contributed by atoms with Gasteiger partial charge >= 0.3 is 0 Å². The van der Waals surface area contributed by atoms with Crippen molar-refractivity contribution >= 4 is 16.9 Å². The number of hydrogen-bond donors (Lipinski definition) is 1. The van der Waals surface area contributed by atoms with Gasteiger partial charge in [-0.3, -0.25) is 4.99 Å². The lowest BCUT2D eigenvalue weighted by Gasteiger charge is -2.00. The second-order valence-corrected chi connectivity index (χ2v) is 3.91. The Morgan fingerprint density at radius 2 is 2.13 bits per heavy atom. The van der Waals surface area contributed by atoms with Gasteiger partial charge in [-0.1, -0.05) is 23.9 Å². The highest BCUT2D eigenvalue weighted by Gasteiger charge is 1.96. The fourth-order valence-corrected chi connectivity index (χ4v) is 1.76. The minimum atomic E-state index is 0.613. The smallest absolute Gasteiger partial charge is 0.154 e. The quantitative estimate of drug-likeness (QED) is 0.625. The molecule has 0 aromatic heterocycles. The molecule has 15 heavy (non-hydrogen) atoms. The summed E-state index contributed by atoms with van der Waals surface area (Å²) >= 11 is 1.51. The van der Waals surface area contributed by atoms with Crippen molar-refractivity contribution in [1.82, 2.24) is 0 Å². The van der Waals surface area contributed by atoms with E-state index < -0.39 is 0 Å². The van der Waals surface area contributed by atoms with Gasteiger partial charge in [0.2, 0.25) is 0 Å². The summed E-state index contributed by atoms with van der Waals surface area (Å²) in [6.45, 7) is 2.67. The molecule has 0 radical (unpaired) electrons. The maximum absolute atomic E-state index is 8.62. The fraction of sp³-hybridized carbons (Fsp3) is 0.273. The van der Waals surface area contributed by atoms with Crippen LogP contribution in [-0.2, 0) is 5.75 Å². The Bertz CT molecular complexity index is 376. The van der Waals surface area contributed by atoms with E-state index in [1.807, 2.05) is 31.2 Å². The van der Waals surface area contributed by atoms with Gasteiger partial charge < -0.3 is 5.73 Å². The van der Waals surface area contributed by atoms with Gasteiger partial charge in [-0.05, 0) is 24.6 Å². The number of amidine groups is 1. The maximum Gasteiger partial charge on any atom is 0.154 e. The molecule has 78 valence electrons. The van der Waals surface area contributed by atoms with E-state index in [-0.39, 0.29) is 0 Å². The average Bonchev–Trinajstić information content (AvgIpc) is 2.27. The molecular weight excluding hydrogens is 206 g/mol. The average molecular weight is 219 g/mol. The molecule has 0 aliphatic carbocycles. The van der Waals surface area contributed by atoms with Crippen LogP contribution in [0.25, 0.3) is 0 Å². The molecule has 0 saturated heterocycles. The van der Waals surface area contributed by atoms with Gasteiger partial charge in [-0.15, -0.1) is 0 Å². The van der Waals surface area contributed by atoms with Crippen molar-refractivity contribution < 1.29 is 0 Å². The van der Waals surface area contributed by atoms with Crippen LogP contribution in [0.3, 0.4) is 0 Å². The van der Waals surface area contributed by atoms with Crippen LogP contribution < -0.4 is 5.73 Å². The zero-order chi connectivity index (χ0) is 11.1. The second-order valence-electron chi connectivity index (χ2n) is 2.91. The molecule has 1 aromatic carbocycles. The van der Waals surface area contributed by atoms with Crippen LogP contribution >= 0.6 is 11.8 Å². The Morgan fingerprint density at radius 3 is 2.67 bits per heavy atom. The summed E-state index contributed by atoms with van der Waals surface area (Å²) in [6.07, 6.45) is 0. The Hall–Kier alpha value is -1.47. The van der Waals surface area contributed by atoms with Crippen LogP contribution in [0.15, 0.2) is 29.3 Å². The third-order valence-electron chi connectivity index (χ3n) is 1.78. The molecule has 4 heteroatoms. The van der Waals surface area contributed by atoms with Gasteiger partial charge in [-0.2, -0.15) is 5.26 Å². The molecule has 0 amide bonds. The molecule has 1 aromatic rings. The minimum Gasteiger partial charge on any atom is -0.379 e. The molecule has 0 aliphatic heterocycles. The van der Waals surface area contributed by atoms with Crippen molar-refractivity contribution in [2.24, 2.45) is 10.7 Å². The first-order chi connectivity index (χ1) is 7.26. The molecule has 0 spiro atoms. The predicted molar refractivity (Wildman–Crippen MR) is 64.6 cm³/mol. The Labute approximate surface area is 94.0 Å². The number of nitrogens with zero attached hydrogens (tertiary/aromatic N) is 2. The van der Waals surface area contributed by atoms with Crippen LogP contribution in [-0.4, -0.2) is 11.7 Å². The Balaban J connectivity index is 2.52. The third-order valence-corrected chi connectivity index (χ3v) is 2.69. The molecule has 0 fully saturated rings. The summed E-state index contributed by atoms with van der Waals surface area (Å²) in [5.74, 6) is 0.793. The summed E-state index contributed by atoms with van der Waals surface area (Å²) in [7, 11) is 0. The highest BCUT2D eigenvalue weighted by molar-refractivity contribution is 8.13. The van der Waals surface area contributed by atoms with Crippen molar-refractivity contribution in [3.63, 3.8) is 0 Å². The lowest BCUT2D eigenvalue weighted by atomic mass is 10.2. The van der Waals surface area contributed by atoms with E-state index in [9.17, 15) is 0 Å². The molecule has 0 saturated carbocycles. The van der Waals surface area contributed by atoms with Gasteiger partial charge in [-0.25, -0.2) is 0 Å². The predicted octanol–water partition coefficient (Wildman–Crippen LogP) is 2.13. The largest absolute Gasteiger partial charge is 0.379 e. The third kappa shape index (κ3) is 4.05. The number of rotatable bonds is 3. The van der Waals surface area contributed by atoms with Crippen LogP contribution in [0, 0.1) is 11.3 Å². The number of nitrogens with two attached hydrogens (primary N) is 1. The SMILES string of the molecule is CCN=C(N)SCc1ccc(C#N)cc1. The zero-order valence-electron chi connectivity index (χ0n) is 8.60. The Kier molecular flexibility index (Phi) is 4.72. The Morgan fingerprint density at radius 1 is 1.47 bits per heavy atom. The number of aliphatic imine (C=N–C) groups is 1. The van der Waals surface area contributed by atoms with Crippen LogP contribution in [0.2, 0.25) is 0 Å². The summed E-state index contributed by atoms with van der Waals surface area (Å²) in [5.41, 5.74) is 7.47. The lowest BCUT2D eigenvalue weighted by Crippen LogP contribution is -2.07. The summed E-state index contributed by atoms with van der Waals surface area (Å²) in [4.78, 5) is 4.08. The number of benzene rings is 1. The van der Waals surface area contributed by atoms with E-state index in [1.165, 1.54) is 11.8 Å². The summed E-state index contributed by atoms with van der Waals surface area (Å²) < 4.78 is 0. The first-order valence-electron chi connectivity index (χ1n) is 4.68. The maximum atomic E-state index is 8.62. The lowest BCUT2D eigenvalue weighted by molar-refractivity contribution is 1.13. The van der Waals surface area contributed by atoms with Crippen molar-refractivity contribution in [3.8, 4) is 6.07 Å². The van der Waals surface area contributed by atoms with E-state index >= 15 is 0 Å². The normalized spacial score (nSPS) is 11.1. The number of thioether (sulfide) groups is 1. The topological polar surface area (TPSA) is 62.2 Å². The molecule has 0 bridgehead atoms. The second kappa shape index (κ2) is 6.10. The standard InChI is InChI=1S/C11H13N3S/c1-2-14-11(13)15-8-10-5-3-9(7-12)4-6-10/h3-6H,2,8H2,1H3,(H2,13,14). The molecule has 1 rings (SSSR count). The van der Waals surface area contributed by atoms with E-state index in [1.54, 1.807) is 0 Å². The molecule has 0 atom stereocenters. The van der Waals surface area contributed by atoms with Crippen LogP contribution in [0.1, 0.15) is 18.1 Å². The van der Waals surface area contributed by atoms with E-state index in [0.29, 0.717) is 17.3 Å². The van der Waals surface area contributed by atoms with Crippen molar-refractivity contribution in [1.29, 1.82) is 5.26 Å². The first-order valence-corrected chi connectivity index (χ1v) is 5.66. The fourth-order valence-electron chi connectivity index (χ4n) is 1.03. The summed E-state index contributed by atoms with van der Waals surface area (Å²) in [5, 5.41) is 9.24. The first kappa shape index (κ1) is 11.6. The van der Waals surface area contributed by atoms with Crippen LogP contribution in [0.5, 0.6) is 0 Å². The van der Waals surface area contributed by atoms with E-state index in [0.717, 1.165) is 11.3 Å². The minimum absolute atomic E-state index is 0.613. The van der Waals surface area contributed by atoms with Gasteiger partial charge in [0.05, 0.1) is 11.6 Å². The molecule has 0 unspecified atom stereocenters.